The standard InChI is InChI=1S/C16H16BrN3O/c1-4-12-13(9-18)16(20-19-14(12)5-2)21-15-7-6-11(17)8-10(15)3/h6-8H,4-5H2,1-3H3. The number of nitrogens with zero attached hydrogens (tertiary/aromatic N) is 3. The van der Waals surface area contributed by atoms with Gasteiger partial charge in [-0.3, -0.25) is 0 Å². The first kappa shape index (κ1) is 15.5. The van der Waals surface area contributed by atoms with E-state index in [1.54, 1.807) is 0 Å². The number of benzene rings is 1. The molecule has 0 amide bonds. The first-order valence-corrected chi connectivity index (χ1v) is 7.62. The van der Waals surface area contributed by atoms with Crippen LogP contribution in [-0.2, 0) is 12.8 Å². The quantitative estimate of drug-likeness (QED) is 0.826. The normalized spacial score (nSPS) is 10.2. The van der Waals surface area contributed by atoms with Gasteiger partial charge in [-0.05, 0) is 49.1 Å². The van der Waals surface area contributed by atoms with Crippen LogP contribution in [0, 0.1) is 18.3 Å². The molecule has 108 valence electrons. The second-order valence-corrected chi connectivity index (χ2v) is 5.55. The van der Waals surface area contributed by atoms with Crippen LogP contribution in [0.2, 0.25) is 0 Å². The average molecular weight is 346 g/mol. The fourth-order valence-corrected chi connectivity index (χ4v) is 2.65. The molecule has 0 atom stereocenters. The smallest absolute Gasteiger partial charge is 0.257 e. The van der Waals surface area contributed by atoms with Gasteiger partial charge in [-0.1, -0.05) is 29.8 Å². The van der Waals surface area contributed by atoms with Crippen molar-refractivity contribution in [2.24, 2.45) is 0 Å². The predicted molar refractivity (Wildman–Crippen MR) is 84.5 cm³/mol. The van der Waals surface area contributed by atoms with Gasteiger partial charge in [-0.2, -0.15) is 10.4 Å². The van der Waals surface area contributed by atoms with E-state index in [0.717, 1.165) is 34.1 Å². The van der Waals surface area contributed by atoms with E-state index in [-0.39, 0.29) is 5.88 Å². The van der Waals surface area contributed by atoms with E-state index in [1.165, 1.54) is 0 Å². The highest BCUT2D eigenvalue weighted by atomic mass is 79.9. The lowest BCUT2D eigenvalue weighted by Crippen LogP contribution is -2.05. The zero-order chi connectivity index (χ0) is 15.4. The summed E-state index contributed by atoms with van der Waals surface area (Å²) in [4.78, 5) is 0. The van der Waals surface area contributed by atoms with Crippen LogP contribution in [0.5, 0.6) is 11.6 Å². The molecule has 2 rings (SSSR count). The van der Waals surface area contributed by atoms with Crippen molar-refractivity contribution in [3.8, 4) is 17.7 Å². The summed E-state index contributed by atoms with van der Waals surface area (Å²) in [6.45, 7) is 5.95. The Morgan fingerprint density at radius 2 is 2.00 bits per heavy atom. The summed E-state index contributed by atoms with van der Waals surface area (Å²) < 4.78 is 6.79. The Balaban J connectivity index is 2.47. The molecule has 21 heavy (non-hydrogen) atoms. The Kier molecular flexibility index (Phi) is 4.92. The predicted octanol–water partition coefficient (Wildman–Crippen LogP) is 4.34. The van der Waals surface area contributed by atoms with Crippen LogP contribution in [-0.4, -0.2) is 10.2 Å². The summed E-state index contributed by atoms with van der Waals surface area (Å²) in [5.74, 6) is 0.951. The fourth-order valence-electron chi connectivity index (χ4n) is 2.17. The Hall–Kier alpha value is -1.93. The maximum atomic E-state index is 9.44. The fraction of sp³-hybridized carbons (Fsp3) is 0.312. The van der Waals surface area contributed by atoms with Crippen LogP contribution in [0.4, 0.5) is 0 Å². The summed E-state index contributed by atoms with van der Waals surface area (Å²) in [5.41, 5.74) is 3.22. The Morgan fingerprint density at radius 3 is 2.57 bits per heavy atom. The molecule has 1 aromatic heterocycles. The maximum absolute atomic E-state index is 9.44. The summed E-state index contributed by atoms with van der Waals surface area (Å²) in [6.07, 6.45) is 1.49. The van der Waals surface area contributed by atoms with Gasteiger partial charge in [-0.15, -0.1) is 5.10 Å². The molecule has 0 saturated heterocycles. The van der Waals surface area contributed by atoms with Gasteiger partial charge in [0, 0.05) is 4.47 Å². The van der Waals surface area contributed by atoms with E-state index in [0.29, 0.717) is 11.3 Å². The van der Waals surface area contributed by atoms with Crippen LogP contribution >= 0.6 is 15.9 Å². The van der Waals surface area contributed by atoms with Gasteiger partial charge < -0.3 is 4.74 Å². The lowest BCUT2D eigenvalue weighted by atomic mass is 10.0. The minimum Gasteiger partial charge on any atom is -0.436 e. The molecule has 5 heteroatoms. The second kappa shape index (κ2) is 6.68. The zero-order valence-electron chi connectivity index (χ0n) is 12.3. The number of hydrogen-bond donors (Lipinski definition) is 0. The number of hydrogen-bond acceptors (Lipinski definition) is 4. The molecular weight excluding hydrogens is 330 g/mol. The lowest BCUT2D eigenvalue weighted by molar-refractivity contribution is 0.447. The summed E-state index contributed by atoms with van der Waals surface area (Å²) >= 11 is 3.42. The Bertz CT molecular complexity index is 707. The van der Waals surface area contributed by atoms with Gasteiger partial charge in [0.25, 0.3) is 5.88 Å². The van der Waals surface area contributed by atoms with Gasteiger partial charge in [0.15, 0.2) is 0 Å². The third-order valence-corrected chi connectivity index (χ3v) is 3.76. The highest BCUT2D eigenvalue weighted by Gasteiger charge is 2.16. The first-order chi connectivity index (χ1) is 10.1. The monoisotopic (exact) mass is 345 g/mol. The van der Waals surface area contributed by atoms with Crippen molar-refractivity contribution in [1.29, 1.82) is 5.26 Å². The third kappa shape index (κ3) is 3.22. The first-order valence-electron chi connectivity index (χ1n) is 6.83. The van der Waals surface area contributed by atoms with E-state index in [9.17, 15) is 5.26 Å². The lowest BCUT2D eigenvalue weighted by Gasteiger charge is -2.12. The topological polar surface area (TPSA) is 58.8 Å². The minimum absolute atomic E-state index is 0.275. The van der Waals surface area contributed by atoms with Crippen molar-refractivity contribution in [2.45, 2.75) is 33.6 Å². The molecule has 0 spiro atoms. The van der Waals surface area contributed by atoms with E-state index in [2.05, 4.69) is 32.2 Å². The van der Waals surface area contributed by atoms with Gasteiger partial charge in [0.1, 0.15) is 17.4 Å². The average Bonchev–Trinajstić information content (AvgIpc) is 2.49. The molecule has 0 saturated carbocycles. The molecule has 0 aliphatic carbocycles. The van der Waals surface area contributed by atoms with Crippen LogP contribution in [0.3, 0.4) is 0 Å². The summed E-state index contributed by atoms with van der Waals surface area (Å²) in [6, 6.07) is 7.90. The molecule has 0 aliphatic rings. The molecule has 0 unspecified atom stereocenters. The molecule has 0 bridgehead atoms. The molecule has 0 radical (unpaired) electrons. The maximum Gasteiger partial charge on any atom is 0.257 e. The van der Waals surface area contributed by atoms with Crippen molar-refractivity contribution >= 4 is 15.9 Å². The number of aromatic nitrogens is 2. The van der Waals surface area contributed by atoms with Crippen molar-refractivity contribution in [1.82, 2.24) is 10.2 Å². The van der Waals surface area contributed by atoms with Crippen LogP contribution < -0.4 is 4.74 Å². The highest BCUT2D eigenvalue weighted by molar-refractivity contribution is 9.10. The van der Waals surface area contributed by atoms with Gasteiger partial charge in [0.05, 0.1) is 5.69 Å². The van der Waals surface area contributed by atoms with E-state index in [1.807, 2.05) is 39.0 Å². The Morgan fingerprint density at radius 1 is 1.24 bits per heavy atom. The van der Waals surface area contributed by atoms with Crippen molar-refractivity contribution in [2.75, 3.05) is 0 Å². The molecule has 2 aromatic rings. The van der Waals surface area contributed by atoms with Crippen LogP contribution in [0.25, 0.3) is 0 Å². The molecule has 0 aliphatic heterocycles. The minimum atomic E-state index is 0.275. The van der Waals surface area contributed by atoms with E-state index in [4.69, 9.17) is 4.74 Å². The zero-order valence-corrected chi connectivity index (χ0v) is 13.9. The second-order valence-electron chi connectivity index (χ2n) is 4.64. The number of halogens is 1. The van der Waals surface area contributed by atoms with Gasteiger partial charge in [-0.25, -0.2) is 0 Å². The number of rotatable bonds is 4. The van der Waals surface area contributed by atoms with Crippen LogP contribution in [0.1, 0.15) is 36.2 Å². The number of nitriles is 1. The third-order valence-electron chi connectivity index (χ3n) is 3.27. The van der Waals surface area contributed by atoms with Crippen molar-refractivity contribution in [3.63, 3.8) is 0 Å². The summed E-state index contributed by atoms with van der Waals surface area (Å²) in [5, 5.41) is 17.7. The van der Waals surface area contributed by atoms with Crippen LogP contribution in [0.15, 0.2) is 22.7 Å². The SMILES string of the molecule is CCc1nnc(Oc2ccc(Br)cc2C)c(C#N)c1CC. The molecule has 4 nitrogen and oxygen atoms in total. The van der Waals surface area contributed by atoms with Crippen molar-refractivity contribution in [3.05, 3.63) is 45.1 Å². The number of ether oxygens (including phenoxy) is 1. The highest BCUT2D eigenvalue weighted by Crippen LogP contribution is 2.30. The van der Waals surface area contributed by atoms with Gasteiger partial charge >= 0.3 is 0 Å². The van der Waals surface area contributed by atoms with E-state index >= 15 is 0 Å². The van der Waals surface area contributed by atoms with E-state index < -0.39 is 0 Å². The molecule has 0 N–H and O–H groups in total. The van der Waals surface area contributed by atoms with Gasteiger partial charge in [0.2, 0.25) is 0 Å². The molecule has 1 aromatic carbocycles. The largest absolute Gasteiger partial charge is 0.436 e. The Labute approximate surface area is 132 Å². The molecule has 1 heterocycles. The van der Waals surface area contributed by atoms with Crippen molar-refractivity contribution < 1.29 is 4.74 Å². The molecule has 0 fully saturated rings. The number of aryl methyl sites for hydroxylation is 2. The summed E-state index contributed by atoms with van der Waals surface area (Å²) in [7, 11) is 0. The molecular formula is C16H16BrN3O.